The van der Waals surface area contributed by atoms with E-state index in [2.05, 4.69) is 0 Å². The quantitative estimate of drug-likeness (QED) is 0.237. The van der Waals surface area contributed by atoms with Crippen LogP contribution in [-0.2, 0) is 21.2 Å². The Bertz CT molecular complexity index is 156. The Morgan fingerprint density at radius 3 is 1.20 bits per heavy atom. The maximum atomic E-state index is 8.82. The second-order valence-electron chi connectivity index (χ2n) is 0.671. The van der Waals surface area contributed by atoms with E-state index in [-0.39, 0.29) is 51.4 Å². The molecule has 0 saturated carbocycles. The standard InChI is InChI=1S/Cr.K.NO3.2H2O.2O/c;;2-1(3)4;;;;/h;;;2*1H2;;/q+2;+1;-1;;;;/p-2. The zero-order valence-corrected chi connectivity index (χ0v) is 9.19. The summed E-state index contributed by atoms with van der Waals surface area (Å²) >= 11 is -5.25. The Kier molecular flexibility index (Phi) is 13.7. The van der Waals surface area contributed by atoms with Gasteiger partial charge in [-0.05, 0) is 0 Å². The van der Waals surface area contributed by atoms with Gasteiger partial charge in [0.15, 0.2) is 0 Å². The van der Waals surface area contributed by atoms with Crippen LogP contribution in [0.3, 0.4) is 0 Å². The average molecular weight is 219 g/mol. The zero-order valence-electron chi connectivity index (χ0n) is 4.79. The van der Waals surface area contributed by atoms with E-state index in [4.69, 9.17) is 31.2 Å². The van der Waals surface area contributed by atoms with Gasteiger partial charge in [-0.15, -0.1) is 0 Å². The van der Waals surface area contributed by atoms with Crippen LogP contribution in [0.4, 0.5) is 0 Å². The Morgan fingerprint density at radius 2 is 1.20 bits per heavy atom. The molecule has 0 heterocycles. The summed E-state index contributed by atoms with van der Waals surface area (Å²) in [4.78, 5) is 8.25. The number of rotatable bonds is 0. The van der Waals surface area contributed by atoms with Gasteiger partial charge in [-0.1, -0.05) is 0 Å². The molecule has 0 aromatic carbocycles. The van der Waals surface area contributed by atoms with Gasteiger partial charge in [-0.3, -0.25) is 0 Å². The van der Waals surface area contributed by atoms with Crippen LogP contribution in [0.15, 0.2) is 0 Å². The Balaban J connectivity index is -0.0000000910. The molecule has 0 saturated heterocycles. The minimum atomic E-state index is -5.25. The minimum absolute atomic E-state index is 0. The van der Waals surface area contributed by atoms with Gasteiger partial charge in [-0.25, -0.2) is 0 Å². The van der Waals surface area contributed by atoms with Crippen molar-refractivity contribution in [2.75, 3.05) is 0 Å². The first-order chi connectivity index (χ1) is 3.73. The van der Waals surface area contributed by atoms with Crippen LogP contribution in [-0.4, -0.2) is 13.4 Å². The van der Waals surface area contributed by atoms with Crippen molar-refractivity contribution in [3.8, 4) is 0 Å². The zero-order chi connectivity index (χ0) is 8.08. The molecule has 0 aromatic rings. The fourth-order valence-corrected chi connectivity index (χ4v) is 0. The van der Waals surface area contributed by atoms with Gasteiger partial charge in [0.2, 0.25) is 0 Å². The molecule has 56 valence electrons. The van der Waals surface area contributed by atoms with E-state index >= 15 is 0 Å². The van der Waals surface area contributed by atoms with Crippen molar-refractivity contribution in [2.45, 2.75) is 0 Å². The van der Waals surface area contributed by atoms with Gasteiger partial charge < -0.3 is 15.3 Å². The fourth-order valence-electron chi connectivity index (χ4n) is 0. The SMILES string of the molecule is O=[N+]([O-])[O-].[K+].[O]=[Cr](=[O])([OH])[OH]. The van der Waals surface area contributed by atoms with E-state index in [0.29, 0.717) is 0 Å². The van der Waals surface area contributed by atoms with E-state index < -0.39 is 18.7 Å². The fraction of sp³-hybridized carbons (Fsp3) is 0. The van der Waals surface area contributed by atoms with Gasteiger partial charge >= 0.3 is 80.9 Å². The van der Waals surface area contributed by atoms with Crippen molar-refractivity contribution in [3.05, 3.63) is 15.3 Å². The van der Waals surface area contributed by atoms with E-state index in [9.17, 15) is 0 Å². The Morgan fingerprint density at radius 1 is 1.20 bits per heavy atom. The number of hydrogen-bond donors (Lipinski definition) is 2. The first-order valence-electron chi connectivity index (χ1n) is 1.25. The van der Waals surface area contributed by atoms with Crippen molar-refractivity contribution in [2.24, 2.45) is 0 Å². The molecule has 0 aliphatic heterocycles. The Hall–Kier alpha value is 0.889. The summed E-state index contributed by atoms with van der Waals surface area (Å²) in [5.74, 6) is 0. The first-order valence-corrected chi connectivity index (χ1v) is 3.43. The van der Waals surface area contributed by atoms with Crippen LogP contribution in [0, 0.1) is 15.3 Å². The third-order valence-electron chi connectivity index (χ3n) is 0. The summed E-state index contributed by atoms with van der Waals surface area (Å²) in [6, 6.07) is 0. The summed E-state index contributed by atoms with van der Waals surface area (Å²) in [5, 5.41) is 14.8. The second kappa shape index (κ2) is 7.99. The van der Waals surface area contributed by atoms with Crippen molar-refractivity contribution < 1.29 is 86.0 Å². The van der Waals surface area contributed by atoms with Crippen molar-refractivity contribution in [1.29, 1.82) is 0 Å². The van der Waals surface area contributed by atoms with Gasteiger partial charge in [-0.2, -0.15) is 0 Å². The Labute approximate surface area is 99.8 Å². The van der Waals surface area contributed by atoms with Gasteiger partial charge in [0.1, 0.15) is 0 Å². The molecular formula is H2CrKNO7. The van der Waals surface area contributed by atoms with E-state index in [1.165, 1.54) is 0 Å². The molecule has 0 bridgehead atoms. The van der Waals surface area contributed by atoms with Gasteiger partial charge in [0.05, 0.1) is 5.09 Å². The first kappa shape index (κ1) is 17.1. The normalized spacial score (nSPS) is 8.20. The van der Waals surface area contributed by atoms with Gasteiger partial charge in [0, 0.05) is 0 Å². The van der Waals surface area contributed by atoms with Crippen LogP contribution in [0.1, 0.15) is 0 Å². The molecule has 0 fully saturated rings. The van der Waals surface area contributed by atoms with E-state index in [1.807, 2.05) is 0 Å². The van der Waals surface area contributed by atoms with Crippen molar-refractivity contribution in [3.63, 3.8) is 0 Å². The van der Waals surface area contributed by atoms with Crippen LogP contribution in [0.5, 0.6) is 0 Å². The van der Waals surface area contributed by atoms with Crippen LogP contribution >= 0.6 is 0 Å². The predicted octanol–water partition coefficient (Wildman–Crippen LogP) is -4.59. The molecule has 0 rings (SSSR count). The number of hydrogen-bond acceptors (Lipinski definition) is 5. The van der Waals surface area contributed by atoms with Crippen LogP contribution in [0.25, 0.3) is 0 Å². The van der Waals surface area contributed by atoms with Crippen molar-refractivity contribution in [1.82, 2.24) is 0 Å². The molecular weight excluding hydrogens is 217 g/mol. The maximum absolute atomic E-state index is 8.82. The van der Waals surface area contributed by atoms with Crippen LogP contribution < -0.4 is 51.4 Å². The molecule has 0 radical (unpaired) electrons. The monoisotopic (exact) mass is 219 g/mol. The summed E-state index contributed by atoms with van der Waals surface area (Å²) < 4.78 is 31.9. The van der Waals surface area contributed by atoms with Crippen molar-refractivity contribution >= 4 is 0 Å². The molecule has 0 unspecified atom stereocenters. The third kappa shape index (κ3) is 700. The molecule has 8 nitrogen and oxygen atoms in total. The summed E-state index contributed by atoms with van der Waals surface area (Å²) in [5.41, 5.74) is 0. The van der Waals surface area contributed by atoms with Crippen LogP contribution in [0.2, 0.25) is 0 Å². The molecule has 0 amide bonds. The molecule has 0 spiro atoms. The topological polar surface area (TPSA) is 141 Å². The molecule has 10 heavy (non-hydrogen) atoms. The molecule has 10 heteroatoms. The summed E-state index contributed by atoms with van der Waals surface area (Å²) in [6.07, 6.45) is 0. The third-order valence-corrected chi connectivity index (χ3v) is 0. The molecule has 0 aliphatic rings. The molecule has 2 N–H and O–H groups in total. The van der Waals surface area contributed by atoms with E-state index in [0.717, 1.165) is 0 Å². The molecule has 0 aromatic heterocycles. The molecule has 0 aliphatic carbocycles. The summed E-state index contributed by atoms with van der Waals surface area (Å²) in [6.45, 7) is 0. The molecule has 0 atom stereocenters. The second-order valence-corrected chi connectivity index (χ2v) is 2.07. The van der Waals surface area contributed by atoms with E-state index in [1.54, 1.807) is 0 Å². The summed E-state index contributed by atoms with van der Waals surface area (Å²) in [7, 11) is 0. The number of nitrogens with zero attached hydrogens (tertiary/aromatic N) is 1. The average Bonchev–Trinajstić information content (AvgIpc) is 1.19. The predicted molar refractivity (Wildman–Crippen MR) is 16.2 cm³/mol. The van der Waals surface area contributed by atoms with Gasteiger partial charge in [0.25, 0.3) is 0 Å².